The summed E-state index contributed by atoms with van der Waals surface area (Å²) in [6.07, 6.45) is 6.50. The van der Waals surface area contributed by atoms with Crippen LogP contribution in [0, 0.1) is 11.8 Å². The van der Waals surface area contributed by atoms with Crippen molar-refractivity contribution < 1.29 is 14.3 Å². The molecule has 1 amide bonds. The van der Waals surface area contributed by atoms with E-state index in [-0.39, 0.29) is 23.8 Å². The summed E-state index contributed by atoms with van der Waals surface area (Å²) in [4.78, 5) is 26.6. The first-order chi connectivity index (χ1) is 9.27. The Morgan fingerprint density at radius 1 is 1.11 bits per heavy atom. The first-order valence-electron chi connectivity index (χ1n) is 7.68. The molecule has 106 valence electrons. The molecule has 3 aliphatic rings. The maximum Gasteiger partial charge on any atom is 0.226 e. The highest BCUT2D eigenvalue weighted by molar-refractivity contribution is 5.85. The first kappa shape index (κ1) is 13.1. The molecule has 1 saturated carbocycles. The lowest BCUT2D eigenvalue weighted by atomic mass is 9.93. The zero-order valence-electron chi connectivity index (χ0n) is 11.5. The molecule has 0 aromatic rings. The molecule has 1 aliphatic carbocycles. The average molecular weight is 265 g/mol. The largest absolute Gasteiger partial charge is 0.381 e. The number of rotatable bonds is 2. The van der Waals surface area contributed by atoms with Crippen molar-refractivity contribution >= 4 is 11.7 Å². The van der Waals surface area contributed by atoms with E-state index in [1.165, 1.54) is 0 Å². The lowest BCUT2D eigenvalue weighted by Gasteiger charge is -2.33. The molecule has 0 N–H and O–H groups in total. The summed E-state index contributed by atoms with van der Waals surface area (Å²) in [5.74, 6) is 0.930. The molecule has 0 aromatic carbocycles. The predicted molar refractivity (Wildman–Crippen MR) is 70.6 cm³/mol. The van der Waals surface area contributed by atoms with E-state index in [2.05, 4.69) is 0 Å². The van der Waals surface area contributed by atoms with Crippen LogP contribution in [0.5, 0.6) is 0 Å². The van der Waals surface area contributed by atoms with Crippen molar-refractivity contribution in [1.29, 1.82) is 0 Å². The van der Waals surface area contributed by atoms with Crippen LogP contribution in [-0.4, -0.2) is 42.4 Å². The van der Waals surface area contributed by atoms with Gasteiger partial charge in [0.15, 0.2) is 0 Å². The summed E-state index contributed by atoms with van der Waals surface area (Å²) < 4.78 is 5.33. The summed E-state index contributed by atoms with van der Waals surface area (Å²) in [5.41, 5.74) is 0. The fraction of sp³-hybridized carbons (Fsp3) is 0.867. The second kappa shape index (κ2) is 5.61. The van der Waals surface area contributed by atoms with E-state index in [0.717, 1.165) is 51.5 Å². The molecule has 0 radical (unpaired) electrons. The number of likely N-dealkylation sites (tertiary alicyclic amines) is 1. The predicted octanol–water partition coefficient (Wildman–Crippen LogP) is 1.77. The Bertz CT molecular complexity index is 362. The fourth-order valence-electron chi connectivity index (χ4n) is 3.91. The molecule has 2 aliphatic heterocycles. The second-order valence-electron chi connectivity index (χ2n) is 6.09. The zero-order chi connectivity index (χ0) is 13.2. The minimum absolute atomic E-state index is 0.130. The van der Waals surface area contributed by atoms with Crippen LogP contribution in [0.15, 0.2) is 0 Å². The Morgan fingerprint density at radius 2 is 1.89 bits per heavy atom. The van der Waals surface area contributed by atoms with Gasteiger partial charge in [-0.1, -0.05) is 0 Å². The monoisotopic (exact) mass is 265 g/mol. The Labute approximate surface area is 114 Å². The number of hydrogen-bond acceptors (Lipinski definition) is 3. The fourth-order valence-corrected chi connectivity index (χ4v) is 3.91. The van der Waals surface area contributed by atoms with Gasteiger partial charge in [0.2, 0.25) is 5.91 Å². The summed E-state index contributed by atoms with van der Waals surface area (Å²) in [7, 11) is 0. The van der Waals surface area contributed by atoms with Gasteiger partial charge in [0.05, 0.1) is 0 Å². The number of hydrogen-bond donors (Lipinski definition) is 0. The summed E-state index contributed by atoms with van der Waals surface area (Å²) in [6.45, 7) is 2.26. The number of carbonyl (C=O) groups is 2. The Hall–Kier alpha value is -0.900. The number of carbonyl (C=O) groups excluding carboxylic acids is 2. The highest BCUT2D eigenvalue weighted by Gasteiger charge is 2.41. The van der Waals surface area contributed by atoms with Gasteiger partial charge in [-0.15, -0.1) is 0 Å². The van der Waals surface area contributed by atoms with Crippen LogP contribution in [0.1, 0.15) is 44.9 Å². The number of nitrogens with zero attached hydrogens (tertiary/aromatic N) is 1. The van der Waals surface area contributed by atoms with Gasteiger partial charge in [-0.2, -0.15) is 0 Å². The van der Waals surface area contributed by atoms with E-state index in [1.807, 2.05) is 4.90 Å². The van der Waals surface area contributed by atoms with Crippen molar-refractivity contribution in [3.63, 3.8) is 0 Å². The molecule has 4 nitrogen and oxygen atoms in total. The van der Waals surface area contributed by atoms with Gasteiger partial charge in [0.1, 0.15) is 5.78 Å². The number of ketones is 1. The van der Waals surface area contributed by atoms with E-state index in [1.54, 1.807) is 0 Å². The van der Waals surface area contributed by atoms with Crippen LogP contribution in [-0.2, 0) is 14.3 Å². The maximum atomic E-state index is 12.6. The van der Waals surface area contributed by atoms with Gasteiger partial charge in [-0.25, -0.2) is 0 Å². The van der Waals surface area contributed by atoms with Gasteiger partial charge in [0.25, 0.3) is 0 Å². The highest BCUT2D eigenvalue weighted by Crippen LogP contribution is 2.34. The third kappa shape index (κ3) is 2.55. The first-order valence-corrected chi connectivity index (χ1v) is 7.68. The molecule has 3 rings (SSSR count). The highest BCUT2D eigenvalue weighted by atomic mass is 16.5. The Morgan fingerprint density at radius 3 is 2.58 bits per heavy atom. The van der Waals surface area contributed by atoms with Crippen LogP contribution in [0.2, 0.25) is 0 Å². The van der Waals surface area contributed by atoms with Crippen LogP contribution >= 0.6 is 0 Å². The number of amides is 1. The SMILES string of the molecule is O=C1CCCC1C1CCCN1C(=O)C1CCOCC1. The molecule has 0 spiro atoms. The third-order valence-corrected chi connectivity index (χ3v) is 4.97. The summed E-state index contributed by atoms with van der Waals surface area (Å²) in [5, 5.41) is 0. The van der Waals surface area contributed by atoms with Crippen LogP contribution in [0.25, 0.3) is 0 Å². The zero-order valence-corrected chi connectivity index (χ0v) is 11.5. The second-order valence-corrected chi connectivity index (χ2v) is 6.09. The van der Waals surface area contributed by atoms with E-state index in [4.69, 9.17) is 4.74 Å². The topological polar surface area (TPSA) is 46.6 Å². The molecule has 19 heavy (non-hydrogen) atoms. The van der Waals surface area contributed by atoms with E-state index in [9.17, 15) is 9.59 Å². The van der Waals surface area contributed by atoms with Crippen molar-refractivity contribution in [2.75, 3.05) is 19.8 Å². The van der Waals surface area contributed by atoms with Gasteiger partial charge in [0, 0.05) is 44.1 Å². The van der Waals surface area contributed by atoms with E-state index in [0.29, 0.717) is 19.0 Å². The van der Waals surface area contributed by atoms with Crippen molar-refractivity contribution in [1.82, 2.24) is 4.90 Å². The molecule has 4 heteroatoms. The van der Waals surface area contributed by atoms with E-state index < -0.39 is 0 Å². The van der Waals surface area contributed by atoms with Crippen molar-refractivity contribution in [3.8, 4) is 0 Å². The molecule has 2 atom stereocenters. The Balaban J connectivity index is 1.68. The van der Waals surface area contributed by atoms with E-state index >= 15 is 0 Å². The molecule has 0 aromatic heterocycles. The quantitative estimate of drug-likeness (QED) is 0.764. The lowest BCUT2D eigenvalue weighted by Crippen LogP contribution is -2.45. The molecule has 2 saturated heterocycles. The minimum Gasteiger partial charge on any atom is -0.381 e. The average Bonchev–Trinajstić information content (AvgIpc) is 3.07. The van der Waals surface area contributed by atoms with Gasteiger partial charge < -0.3 is 9.64 Å². The molecule has 0 bridgehead atoms. The third-order valence-electron chi connectivity index (χ3n) is 4.97. The van der Waals surface area contributed by atoms with Gasteiger partial charge >= 0.3 is 0 Å². The molecule has 2 unspecified atom stereocenters. The number of ether oxygens (including phenoxy) is 1. The van der Waals surface area contributed by atoms with Crippen molar-refractivity contribution in [2.24, 2.45) is 11.8 Å². The van der Waals surface area contributed by atoms with Crippen LogP contribution in [0.4, 0.5) is 0 Å². The molecule has 2 heterocycles. The molecular weight excluding hydrogens is 242 g/mol. The molecule has 3 fully saturated rings. The minimum atomic E-state index is 0.130. The van der Waals surface area contributed by atoms with Crippen molar-refractivity contribution in [3.05, 3.63) is 0 Å². The standard InChI is InChI=1S/C15H23NO3/c17-14-5-1-3-12(14)13-4-2-8-16(13)15(18)11-6-9-19-10-7-11/h11-13H,1-10H2. The maximum absolute atomic E-state index is 12.6. The Kier molecular flexibility index (Phi) is 3.87. The number of Topliss-reactive ketones (excluding diaryl/α,β-unsaturated/α-hetero) is 1. The smallest absolute Gasteiger partial charge is 0.226 e. The molecular formula is C15H23NO3. The lowest BCUT2D eigenvalue weighted by molar-refractivity contribution is -0.141. The van der Waals surface area contributed by atoms with Crippen LogP contribution in [0.3, 0.4) is 0 Å². The summed E-state index contributed by atoms with van der Waals surface area (Å²) in [6, 6.07) is 0.199. The van der Waals surface area contributed by atoms with Crippen molar-refractivity contribution in [2.45, 2.75) is 51.0 Å². The van der Waals surface area contributed by atoms with Gasteiger partial charge in [-0.05, 0) is 38.5 Å². The van der Waals surface area contributed by atoms with Gasteiger partial charge in [-0.3, -0.25) is 9.59 Å². The van der Waals surface area contributed by atoms with Crippen LogP contribution < -0.4 is 0 Å². The summed E-state index contributed by atoms with van der Waals surface area (Å²) >= 11 is 0. The normalized spacial score (nSPS) is 33.1.